The number of carbonyl (C=O) groups is 2. The van der Waals surface area contributed by atoms with Gasteiger partial charge in [-0.1, -0.05) is 12.1 Å². The lowest BCUT2D eigenvalue weighted by atomic mass is 10.1. The van der Waals surface area contributed by atoms with Gasteiger partial charge in [-0.2, -0.15) is 0 Å². The normalized spacial score (nSPS) is 10.8. The summed E-state index contributed by atoms with van der Waals surface area (Å²) in [5.74, 6) is 0.343. The molecule has 0 aliphatic carbocycles. The van der Waals surface area contributed by atoms with Gasteiger partial charge in [0, 0.05) is 42.3 Å². The molecular formula is C27H28N4O3. The van der Waals surface area contributed by atoms with Crippen LogP contribution in [0.15, 0.2) is 73.1 Å². The SMILES string of the molecule is CCN(CC)C(=O)c1cccc(NC(=O)c2ccc(OCc3cn4cccc(C)c4n3)cc2)c1. The predicted molar refractivity (Wildman–Crippen MR) is 132 cm³/mol. The Morgan fingerprint density at radius 1 is 1.00 bits per heavy atom. The minimum Gasteiger partial charge on any atom is -0.487 e. The number of rotatable bonds is 8. The van der Waals surface area contributed by atoms with Gasteiger partial charge in [0.1, 0.15) is 18.0 Å². The van der Waals surface area contributed by atoms with Crippen molar-refractivity contribution in [2.24, 2.45) is 0 Å². The van der Waals surface area contributed by atoms with Crippen LogP contribution >= 0.6 is 0 Å². The Hall–Kier alpha value is -4.13. The van der Waals surface area contributed by atoms with Gasteiger partial charge in [0.15, 0.2) is 0 Å². The van der Waals surface area contributed by atoms with Gasteiger partial charge >= 0.3 is 0 Å². The van der Waals surface area contributed by atoms with E-state index in [1.807, 2.05) is 49.7 Å². The zero-order chi connectivity index (χ0) is 24.1. The van der Waals surface area contributed by atoms with E-state index in [0.29, 0.717) is 42.3 Å². The maximum atomic E-state index is 12.7. The third-order valence-electron chi connectivity index (χ3n) is 5.65. The Morgan fingerprint density at radius 2 is 1.76 bits per heavy atom. The van der Waals surface area contributed by atoms with Crippen LogP contribution in [0.25, 0.3) is 5.65 Å². The van der Waals surface area contributed by atoms with Gasteiger partial charge < -0.3 is 19.4 Å². The highest BCUT2D eigenvalue weighted by Crippen LogP contribution is 2.18. The molecule has 2 aromatic carbocycles. The van der Waals surface area contributed by atoms with E-state index in [-0.39, 0.29) is 11.8 Å². The van der Waals surface area contributed by atoms with Crippen molar-refractivity contribution in [1.29, 1.82) is 0 Å². The number of nitrogens with one attached hydrogen (secondary N) is 1. The Bertz CT molecular complexity index is 1310. The molecule has 4 aromatic rings. The van der Waals surface area contributed by atoms with E-state index in [1.165, 1.54) is 0 Å². The van der Waals surface area contributed by atoms with Gasteiger partial charge in [-0.25, -0.2) is 4.98 Å². The van der Waals surface area contributed by atoms with Crippen molar-refractivity contribution in [3.8, 4) is 5.75 Å². The zero-order valence-electron chi connectivity index (χ0n) is 19.6. The van der Waals surface area contributed by atoms with E-state index in [0.717, 1.165) is 16.9 Å². The second-order valence-electron chi connectivity index (χ2n) is 7.98. The van der Waals surface area contributed by atoms with E-state index in [9.17, 15) is 9.59 Å². The summed E-state index contributed by atoms with van der Waals surface area (Å²) in [6.45, 7) is 7.52. The Morgan fingerprint density at radius 3 is 2.47 bits per heavy atom. The van der Waals surface area contributed by atoms with Crippen LogP contribution in [0.4, 0.5) is 5.69 Å². The first-order valence-electron chi connectivity index (χ1n) is 11.3. The van der Waals surface area contributed by atoms with Crippen LogP contribution in [0.3, 0.4) is 0 Å². The Kier molecular flexibility index (Phi) is 6.92. The molecule has 0 bridgehead atoms. The van der Waals surface area contributed by atoms with Gasteiger partial charge in [-0.15, -0.1) is 0 Å². The number of nitrogens with zero attached hydrogens (tertiary/aromatic N) is 3. The fourth-order valence-corrected chi connectivity index (χ4v) is 3.76. The summed E-state index contributed by atoms with van der Waals surface area (Å²) in [4.78, 5) is 31.6. The van der Waals surface area contributed by atoms with Crippen molar-refractivity contribution in [3.63, 3.8) is 0 Å². The number of anilines is 1. The molecule has 7 nitrogen and oxygen atoms in total. The van der Waals surface area contributed by atoms with Crippen LogP contribution in [-0.4, -0.2) is 39.2 Å². The molecular weight excluding hydrogens is 428 g/mol. The summed E-state index contributed by atoms with van der Waals surface area (Å²) in [5.41, 5.74) is 4.47. The molecule has 4 rings (SSSR count). The van der Waals surface area contributed by atoms with Crippen LogP contribution in [0, 0.1) is 6.92 Å². The molecule has 1 N–H and O–H groups in total. The number of aromatic nitrogens is 2. The summed E-state index contributed by atoms with van der Waals surface area (Å²) >= 11 is 0. The predicted octanol–water partition coefficient (Wildman–Crippen LogP) is 4.96. The molecule has 2 aromatic heterocycles. The van der Waals surface area contributed by atoms with E-state index in [2.05, 4.69) is 10.3 Å². The molecule has 2 amide bonds. The summed E-state index contributed by atoms with van der Waals surface area (Å²) in [7, 11) is 0. The fourth-order valence-electron chi connectivity index (χ4n) is 3.76. The fraction of sp³-hybridized carbons (Fsp3) is 0.222. The van der Waals surface area contributed by atoms with Crippen molar-refractivity contribution in [1.82, 2.24) is 14.3 Å². The third-order valence-corrected chi connectivity index (χ3v) is 5.65. The second kappa shape index (κ2) is 10.2. The first-order valence-corrected chi connectivity index (χ1v) is 11.3. The number of hydrogen-bond donors (Lipinski definition) is 1. The number of hydrogen-bond acceptors (Lipinski definition) is 4. The van der Waals surface area contributed by atoms with Gasteiger partial charge in [0.05, 0.1) is 5.69 Å². The number of aryl methyl sites for hydroxylation is 1. The molecule has 0 fully saturated rings. The quantitative estimate of drug-likeness (QED) is 0.407. The van der Waals surface area contributed by atoms with Crippen molar-refractivity contribution < 1.29 is 14.3 Å². The van der Waals surface area contributed by atoms with Crippen LogP contribution in [-0.2, 0) is 6.61 Å². The standard InChI is InChI=1S/C27H28N4O3/c1-4-30(5-2)27(33)21-9-6-10-22(16-21)29-26(32)20-11-13-24(14-12-20)34-18-23-17-31-15-7-8-19(3)25(31)28-23/h6-17H,4-5,18H2,1-3H3,(H,29,32). The third kappa shape index (κ3) is 5.09. The number of pyridine rings is 1. The molecule has 0 spiro atoms. The van der Waals surface area contributed by atoms with Gasteiger partial charge in [-0.3, -0.25) is 9.59 Å². The molecule has 0 unspecified atom stereocenters. The monoisotopic (exact) mass is 456 g/mol. The molecule has 174 valence electrons. The molecule has 0 saturated heterocycles. The molecule has 0 aliphatic heterocycles. The van der Waals surface area contributed by atoms with Gasteiger partial charge in [0.25, 0.3) is 11.8 Å². The minimum atomic E-state index is -0.255. The average molecular weight is 457 g/mol. The minimum absolute atomic E-state index is 0.0524. The summed E-state index contributed by atoms with van der Waals surface area (Å²) in [5, 5.41) is 2.86. The number of ether oxygens (including phenoxy) is 1. The molecule has 0 radical (unpaired) electrons. The lowest BCUT2D eigenvalue weighted by Crippen LogP contribution is -2.30. The smallest absolute Gasteiger partial charge is 0.255 e. The van der Waals surface area contributed by atoms with Crippen LogP contribution in [0.1, 0.15) is 45.8 Å². The number of fused-ring (bicyclic) bond motifs is 1. The van der Waals surface area contributed by atoms with E-state index in [1.54, 1.807) is 53.4 Å². The number of carbonyl (C=O) groups excluding carboxylic acids is 2. The highest BCUT2D eigenvalue weighted by molar-refractivity contribution is 6.05. The maximum Gasteiger partial charge on any atom is 0.255 e. The first-order chi connectivity index (χ1) is 16.5. The molecule has 34 heavy (non-hydrogen) atoms. The molecule has 0 aliphatic rings. The molecule has 0 saturated carbocycles. The zero-order valence-corrected chi connectivity index (χ0v) is 19.6. The van der Waals surface area contributed by atoms with Crippen molar-refractivity contribution in [3.05, 3.63) is 95.4 Å². The average Bonchev–Trinajstić information content (AvgIpc) is 3.28. The van der Waals surface area contributed by atoms with E-state index < -0.39 is 0 Å². The highest BCUT2D eigenvalue weighted by atomic mass is 16.5. The topological polar surface area (TPSA) is 75.9 Å². The summed E-state index contributed by atoms with van der Waals surface area (Å²) in [6, 6.07) is 17.9. The van der Waals surface area contributed by atoms with Crippen molar-refractivity contribution in [2.75, 3.05) is 18.4 Å². The lowest BCUT2D eigenvalue weighted by molar-refractivity contribution is 0.0772. The summed E-state index contributed by atoms with van der Waals surface area (Å²) in [6.07, 6.45) is 3.91. The van der Waals surface area contributed by atoms with Crippen LogP contribution < -0.4 is 10.1 Å². The van der Waals surface area contributed by atoms with Gasteiger partial charge in [0.2, 0.25) is 0 Å². The van der Waals surface area contributed by atoms with Crippen LogP contribution in [0.2, 0.25) is 0 Å². The van der Waals surface area contributed by atoms with E-state index >= 15 is 0 Å². The molecule has 0 atom stereocenters. The molecule has 7 heteroatoms. The highest BCUT2D eigenvalue weighted by Gasteiger charge is 2.14. The van der Waals surface area contributed by atoms with Crippen molar-refractivity contribution >= 4 is 23.1 Å². The second-order valence-corrected chi connectivity index (χ2v) is 7.98. The Balaban J connectivity index is 1.38. The summed E-state index contributed by atoms with van der Waals surface area (Å²) < 4.78 is 7.83. The number of benzene rings is 2. The lowest BCUT2D eigenvalue weighted by Gasteiger charge is -2.19. The van der Waals surface area contributed by atoms with Crippen LogP contribution in [0.5, 0.6) is 5.75 Å². The Labute approximate surface area is 199 Å². The maximum absolute atomic E-state index is 12.7. The molecule has 2 heterocycles. The first kappa shape index (κ1) is 23.0. The van der Waals surface area contributed by atoms with Crippen molar-refractivity contribution in [2.45, 2.75) is 27.4 Å². The largest absolute Gasteiger partial charge is 0.487 e. The number of amides is 2. The van der Waals surface area contributed by atoms with E-state index in [4.69, 9.17) is 4.74 Å². The van der Waals surface area contributed by atoms with Gasteiger partial charge in [-0.05, 0) is 74.9 Å². The number of imidazole rings is 1.